The van der Waals surface area contributed by atoms with Gasteiger partial charge in [0.15, 0.2) is 5.58 Å². The smallest absolute Gasteiger partial charge is 0.408 e. The predicted octanol–water partition coefficient (Wildman–Crippen LogP) is 3.32. The number of aromatic nitrogens is 2. The molecule has 0 saturated heterocycles. The van der Waals surface area contributed by atoms with Crippen molar-refractivity contribution in [2.24, 2.45) is 0 Å². The van der Waals surface area contributed by atoms with E-state index in [4.69, 9.17) is 4.42 Å². The summed E-state index contributed by atoms with van der Waals surface area (Å²) in [5, 5.41) is 0.903. The molecular formula is C11H7BrN2O2S. The molecule has 6 heteroatoms. The number of halogens is 1. The number of nitrogens with one attached hydrogen (secondary N) is 1. The average Bonchev–Trinajstić information content (AvgIpc) is 2.80. The molecule has 0 saturated carbocycles. The summed E-state index contributed by atoms with van der Waals surface area (Å²) < 4.78 is 6.04. The second kappa shape index (κ2) is 3.82. The number of aromatic amines is 1. The largest absolute Gasteiger partial charge is 0.417 e. The van der Waals surface area contributed by atoms with E-state index in [1.54, 1.807) is 11.3 Å². The van der Waals surface area contributed by atoms with Crippen molar-refractivity contribution >= 4 is 38.4 Å². The summed E-state index contributed by atoms with van der Waals surface area (Å²) in [4.78, 5) is 18.1. The van der Waals surface area contributed by atoms with Crippen LogP contribution in [0.25, 0.3) is 21.7 Å². The summed E-state index contributed by atoms with van der Waals surface area (Å²) in [5.74, 6) is -0.436. The van der Waals surface area contributed by atoms with Gasteiger partial charge in [-0.2, -0.15) is 0 Å². The standard InChI is InChI=1S/C11H7BrN2O2S/c1-5-9(12)17-10(13-5)6-2-3-7-8(4-6)16-11(15)14-7/h2-4H,1H3,(H,14,15). The van der Waals surface area contributed by atoms with Crippen LogP contribution in [0.1, 0.15) is 5.69 Å². The minimum absolute atomic E-state index is 0.436. The summed E-state index contributed by atoms with van der Waals surface area (Å²) in [5.41, 5.74) is 3.15. The maximum absolute atomic E-state index is 11.1. The van der Waals surface area contributed by atoms with Gasteiger partial charge in [-0.1, -0.05) is 0 Å². The minimum atomic E-state index is -0.436. The predicted molar refractivity (Wildman–Crippen MR) is 70.4 cm³/mol. The maximum atomic E-state index is 11.1. The first-order chi connectivity index (χ1) is 8.13. The molecule has 0 aliphatic heterocycles. The van der Waals surface area contributed by atoms with Gasteiger partial charge in [0.2, 0.25) is 0 Å². The Labute approximate surface area is 108 Å². The highest BCUT2D eigenvalue weighted by Gasteiger charge is 2.09. The molecule has 0 bridgehead atoms. The van der Waals surface area contributed by atoms with E-state index >= 15 is 0 Å². The fraction of sp³-hybridized carbons (Fsp3) is 0.0909. The third-order valence-corrected chi connectivity index (χ3v) is 4.46. The molecule has 2 heterocycles. The number of benzene rings is 1. The van der Waals surface area contributed by atoms with Crippen molar-refractivity contribution in [2.75, 3.05) is 0 Å². The van der Waals surface area contributed by atoms with Crippen LogP contribution in [0.4, 0.5) is 0 Å². The monoisotopic (exact) mass is 310 g/mol. The van der Waals surface area contributed by atoms with Crippen LogP contribution in [0.3, 0.4) is 0 Å². The van der Waals surface area contributed by atoms with Crippen molar-refractivity contribution in [3.63, 3.8) is 0 Å². The van der Waals surface area contributed by atoms with Gasteiger partial charge in [0.05, 0.1) is 15.0 Å². The maximum Gasteiger partial charge on any atom is 0.417 e. The van der Waals surface area contributed by atoms with Gasteiger partial charge >= 0.3 is 5.76 Å². The molecule has 0 unspecified atom stereocenters. The number of oxazole rings is 1. The van der Waals surface area contributed by atoms with Crippen molar-refractivity contribution in [3.8, 4) is 10.6 Å². The van der Waals surface area contributed by atoms with Crippen molar-refractivity contribution in [3.05, 3.63) is 38.2 Å². The van der Waals surface area contributed by atoms with Gasteiger partial charge in [-0.3, -0.25) is 4.98 Å². The van der Waals surface area contributed by atoms with E-state index in [0.717, 1.165) is 20.1 Å². The molecule has 0 atom stereocenters. The normalized spacial score (nSPS) is 11.2. The summed E-state index contributed by atoms with van der Waals surface area (Å²) in [6.07, 6.45) is 0. The number of rotatable bonds is 1. The van der Waals surface area contributed by atoms with E-state index in [1.165, 1.54) is 0 Å². The number of thiazole rings is 1. The molecule has 3 rings (SSSR count). The number of hydrogen-bond donors (Lipinski definition) is 1. The van der Waals surface area contributed by atoms with Crippen LogP contribution in [0.15, 0.2) is 31.2 Å². The third-order valence-electron chi connectivity index (χ3n) is 2.41. The van der Waals surface area contributed by atoms with E-state index in [-0.39, 0.29) is 0 Å². The Bertz CT molecular complexity index is 737. The van der Waals surface area contributed by atoms with Crippen LogP contribution >= 0.6 is 27.3 Å². The Hall–Kier alpha value is -1.40. The quantitative estimate of drug-likeness (QED) is 0.750. The molecule has 17 heavy (non-hydrogen) atoms. The third kappa shape index (κ3) is 1.83. The van der Waals surface area contributed by atoms with E-state index in [1.807, 2.05) is 25.1 Å². The molecule has 86 valence electrons. The van der Waals surface area contributed by atoms with Crippen molar-refractivity contribution in [1.82, 2.24) is 9.97 Å². The lowest BCUT2D eigenvalue weighted by atomic mass is 10.2. The Morgan fingerprint density at radius 2 is 2.29 bits per heavy atom. The highest BCUT2D eigenvalue weighted by atomic mass is 79.9. The van der Waals surface area contributed by atoms with E-state index in [2.05, 4.69) is 25.9 Å². The lowest BCUT2D eigenvalue weighted by molar-refractivity contribution is 0.555. The van der Waals surface area contributed by atoms with Crippen LogP contribution in [0.2, 0.25) is 0 Å². The molecule has 0 aliphatic rings. The molecule has 1 aromatic carbocycles. The van der Waals surface area contributed by atoms with Gasteiger partial charge in [0, 0.05) is 5.56 Å². The Kier molecular flexibility index (Phi) is 2.41. The summed E-state index contributed by atoms with van der Waals surface area (Å²) >= 11 is 5.00. The first-order valence-electron chi connectivity index (χ1n) is 4.89. The molecule has 0 amide bonds. The molecule has 0 aliphatic carbocycles. The van der Waals surface area contributed by atoms with Gasteiger partial charge in [0.1, 0.15) is 5.01 Å². The number of H-pyrrole nitrogens is 1. The second-order valence-corrected chi connectivity index (χ2v) is 5.92. The first-order valence-corrected chi connectivity index (χ1v) is 6.50. The van der Waals surface area contributed by atoms with Gasteiger partial charge in [0.25, 0.3) is 0 Å². The molecule has 0 fully saturated rings. The van der Waals surface area contributed by atoms with Crippen LogP contribution in [0.5, 0.6) is 0 Å². The van der Waals surface area contributed by atoms with Crippen LogP contribution in [-0.2, 0) is 0 Å². The topological polar surface area (TPSA) is 58.9 Å². The van der Waals surface area contributed by atoms with Crippen LogP contribution in [-0.4, -0.2) is 9.97 Å². The summed E-state index contributed by atoms with van der Waals surface area (Å²) in [6.45, 7) is 1.94. The number of hydrogen-bond acceptors (Lipinski definition) is 4. The van der Waals surface area contributed by atoms with E-state index in [9.17, 15) is 4.79 Å². The van der Waals surface area contributed by atoms with Crippen LogP contribution < -0.4 is 5.76 Å². The zero-order chi connectivity index (χ0) is 12.0. The fourth-order valence-electron chi connectivity index (χ4n) is 1.58. The minimum Gasteiger partial charge on any atom is -0.408 e. The van der Waals surface area contributed by atoms with Gasteiger partial charge in [-0.05, 0) is 41.1 Å². The lowest BCUT2D eigenvalue weighted by Crippen LogP contribution is -1.92. The Morgan fingerprint density at radius 3 is 3.00 bits per heavy atom. The lowest BCUT2D eigenvalue weighted by Gasteiger charge is -1.94. The van der Waals surface area contributed by atoms with Crippen molar-refractivity contribution in [1.29, 1.82) is 0 Å². The van der Waals surface area contributed by atoms with Gasteiger partial charge < -0.3 is 4.42 Å². The van der Waals surface area contributed by atoms with Crippen molar-refractivity contribution in [2.45, 2.75) is 6.92 Å². The molecule has 3 aromatic rings. The van der Waals surface area contributed by atoms with E-state index < -0.39 is 5.76 Å². The Balaban J connectivity index is 2.20. The zero-order valence-electron chi connectivity index (χ0n) is 8.78. The SMILES string of the molecule is Cc1nc(-c2ccc3[nH]c(=O)oc3c2)sc1Br. The molecule has 1 N–H and O–H groups in total. The summed E-state index contributed by atoms with van der Waals surface area (Å²) in [7, 11) is 0. The average molecular weight is 311 g/mol. The molecule has 2 aromatic heterocycles. The van der Waals surface area contributed by atoms with Crippen molar-refractivity contribution < 1.29 is 4.42 Å². The highest BCUT2D eigenvalue weighted by Crippen LogP contribution is 2.32. The molecule has 0 spiro atoms. The molecule has 4 nitrogen and oxygen atoms in total. The van der Waals surface area contributed by atoms with Gasteiger partial charge in [-0.25, -0.2) is 9.78 Å². The number of aryl methyl sites for hydroxylation is 1. The summed E-state index contributed by atoms with van der Waals surface area (Å²) in [6, 6.07) is 5.55. The molecule has 0 radical (unpaired) electrons. The number of fused-ring (bicyclic) bond motifs is 1. The van der Waals surface area contributed by atoms with Gasteiger partial charge in [-0.15, -0.1) is 11.3 Å². The zero-order valence-corrected chi connectivity index (χ0v) is 11.2. The highest BCUT2D eigenvalue weighted by molar-refractivity contribution is 9.11. The fourth-order valence-corrected chi connectivity index (χ4v) is 2.92. The Morgan fingerprint density at radius 1 is 1.47 bits per heavy atom. The van der Waals surface area contributed by atoms with Crippen LogP contribution in [0, 0.1) is 6.92 Å². The second-order valence-electron chi connectivity index (χ2n) is 3.60. The van der Waals surface area contributed by atoms with E-state index in [0.29, 0.717) is 11.1 Å². The first kappa shape index (κ1) is 10.7. The molecular weight excluding hydrogens is 304 g/mol. The number of nitrogens with zero attached hydrogens (tertiary/aromatic N) is 1.